The molecule has 2 rings (SSSR count). The highest BCUT2D eigenvalue weighted by Gasteiger charge is 2.27. The van der Waals surface area contributed by atoms with Crippen LogP contribution in [0.3, 0.4) is 0 Å². The van der Waals surface area contributed by atoms with Crippen molar-refractivity contribution >= 4 is 0 Å². The van der Waals surface area contributed by atoms with Gasteiger partial charge < -0.3 is 11.5 Å². The van der Waals surface area contributed by atoms with E-state index in [0.717, 1.165) is 6.42 Å². The lowest BCUT2D eigenvalue weighted by molar-refractivity contribution is 0.550. The second-order valence-electron chi connectivity index (χ2n) is 3.72. The molecule has 4 N–H and O–H groups in total. The first-order chi connectivity index (χ1) is 7.87. The van der Waals surface area contributed by atoms with Crippen LogP contribution in [0.25, 0.3) is 0 Å². The smallest absolute Gasteiger partial charge is 0.0292 e. The minimum atomic E-state index is 0.0238. The predicted octanol–water partition coefficient (Wildman–Crippen LogP) is 1.97. The summed E-state index contributed by atoms with van der Waals surface area (Å²) in [5.74, 6) is 0. The Morgan fingerprint density at radius 1 is 1.12 bits per heavy atom. The summed E-state index contributed by atoms with van der Waals surface area (Å²) in [4.78, 5) is 0. The molecular weight excluding hydrogens is 196 g/mol. The average molecular weight is 216 g/mol. The maximum absolute atomic E-state index is 5.89. The largest absolute Gasteiger partial charge is 0.333 e. The molecule has 0 heterocycles. The third kappa shape index (κ3) is 2.60. The van der Waals surface area contributed by atoms with Gasteiger partial charge >= 0.3 is 0 Å². The van der Waals surface area contributed by atoms with Crippen LogP contribution in [0.4, 0.5) is 0 Å². The van der Waals surface area contributed by atoms with Crippen LogP contribution in [0, 0.1) is 0 Å². The molecule has 1 unspecified atom stereocenters. The van der Waals surface area contributed by atoms with Crippen molar-refractivity contribution in [3.05, 3.63) is 60.2 Å². The molecule has 86 valence electrons. The van der Waals surface area contributed by atoms with Crippen molar-refractivity contribution in [2.75, 3.05) is 13.6 Å². The normalized spacial score (nSPS) is 22.4. The van der Waals surface area contributed by atoms with E-state index in [1.165, 1.54) is 12.6 Å². The van der Waals surface area contributed by atoms with Crippen LogP contribution < -0.4 is 11.5 Å². The van der Waals surface area contributed by atoms with Crippen molar-refractivity contribution < 1.29 is 0 Å². The second kappa shape index (κ2) is 6.26. The number of nitrogens with two attached hydrogens (primary N) is 2. The summed E-state index contributed by atoms with van der Waals surface area (Å²) < 4.78 is 0. The Labute approximate surface area is 97.7 Å². The van der Waals surface area contributed by atoms with Crippen LogP contribution in [0.5, 0.6) is 0 Å². The summed E-state index contributed by atoms with van der Waals surface area (Å²) in [6, 6.07) is 10.5. The van der Waals surface area contributed by atoms with Gasteiger partial charge in [-0.05, 0) is 19.0 Å². The van der Waals surface area contributed by atoms with Crippen LogP contribution in [-0.2, 0) is 5.41 Å². The Bertz CT molecular complexity index is 354. The predicted molar refractivity (Wildman–Crippen MR) is 70.2 cm³/mol. The van der Waals surface area contributed by atoms with Crippen LogP contribution in [0.1, 0.15) is 12.0 Å². The lowest BCUT2D eigenvalue weighted by Crippen LogP contribution is -2.33. The minimum absolute atomic E-state index is 0.0238. The third-order valence-corrected chi connectivity index (χ3v) is 2.86. The minimum Gasteiger partial charge on any atom is -0.333 e. The third-order valence-electron chi connectivity index (χ3n) is 2.86. The highest BCUT2D eigenvalue weighted by Crippen LogP contribution is 2.31. The SMILES string of the molecule is CN.NCC1(c2ccccc2)C=CC=CC1. The Morgan fingerprint density at radius 3 is 2.31 bits per heavy atom. The van der Waals surface area contributed by atoms with Gasteiger partial charge in [-0.15, -0.1) is 0 Å². The van der Waals surface area contributed by atoms with E-state index in [1.54, 1.807) is 0 Å². The lowest BCUT2D eigenvalue weighted by Gasteiger charge is -2.30. The molecule has 0 aliphatic heterocycles. The van der Waals surface area contributed by atoms with Gasteiger partial charge in [0.05, 0.1) is 0 Å². The van der Waals surface area contributed by atoms with E-state index in [0.29, 0.717) is 6.54 Å². The van der Waals surface area contributed by atoms with Crippen molar-refractivity contribution in [1.29, 1.82) is 0 Å². The zero-order valence-corrected chi connectivity index (χ0v) is 9.77. The van der Waals surface area contributed by atoms with E-state index in [9.17, 15) is 0 Å². The molecule has 0 fully saturated rings. The molecule has 0 saturated heterocycles. The monoisotopic (exact) mass is 216 g/mol. The van der Waals surface area contributed by atoms with Crippen molar-refractivity contribution in [2.24, 2.45) is 11.5 Å². The molecule has 1 aliphatic carbocycles. The van der Waals surface area contributed by atoms with Gasteiger partial charge in [-0.3, -0.25) is 0 Å². The van der Waals surface area contributed by atoms with Crippen molar-refractivity contribution in [2.45, 2.75) is 11.8 Å². The fourth-order valence-electron chi connectivity index (χ4n) is 1.92. The molecule has 2 heteroatoms. The van der Waals surface area contributed by atoms with Crippen molar-refractivity contribution in [3.63, 3.8) is 0 Å². The molecule has 16 heavy (non-hydrogen) atoms. The van der Waals surface area contributed by atoms with Gasteiger partial charge in [0.15, 0.2) is 0 Å². The molecule has 0 radical (unpaired) electrons. The number of hydrogen-bond acceptors (Lipinski definition) is 2. The summed E-state index contributed by atoms with van der Waals surface area (Å²) in [5.41, 5.74) is 11.7. The van der Waals surface area contributed by atoms with E-state index in [1.807, 2.05) is 6.07 Å². The molecule has 1 aromatic carbocycles. The van der Waals surface area contributed by atoms with Crippen LogP contribution in [-0.4, -0.2) is 13.6 Å². The van der Waals surface area contributed by atoms with E-state index < -0.39 is 0 Å². The van der Waals surface area contributed by atoms with Gasteiger partial charge in [0, 0.05) is 12.0 Å². The van der Waals surface area contributed by atoms with Gasteiger partial charge in [-0.25, -0.2) is 0 Å². The number of benzene rings is 1. The second-order valence-corrected chi connectivity index (χ2v) is 3.72. The van der Waals surface area contributed by atoms with E-state index in [4.69, 9.17) is 5.73 Å². The topological polar surface area (TPSA) is 52.0 Å². The Balaban J connectivity index is 0.000000606. The zero-order chi connectivity index (χ0) is 11.9. The molecule has 0 aromatic heterocycles. The quantitative estimate of drug-likeness (QED) is 0.794. The van der Waals surface area contributed by atoms with Gasteiger partial charge in [0.25, 0.3) is 0 Å². The molecule has 1 aliphatic rings. The number of rotatable bonds is 2. The van der Waals surface area contributed by atoms with Gasteiger partial charge in [-0.1, -0.05) is 54.6 Å². The number of hydrogen-bond donors (Lipinski definition) is 2. The van der Waals surface area contributed by atoms with Crippen LogP contribution in [0.2, 0.25) is 0 Å². The standard InChI is InChI=1S/C13H15N.CH5N/c14-11-13(9-5-2-6-10-13)12-7-3-1-4-8-12;1-2/h1-9H,10-11,14H2;2H2,1H3. The lowest BCUT2D eigenvalue weighted by atomic mass is 9.75. The molecule has 0 amide bonds. The van der Waals surface area contributed by atoms with Gasteiger partial charge in [0.2, 0.25) is 0 Å². The highest BCUT2D eigenvalue weighted by atomic mass is 14.6. The molecule has 0 bridgehead atoms. The van der Waals surface area contributed by atoms with Crippen LogP contribution >= 0.6 is 0 Å². The fourth-order valence-corrected chi connectivity index (χ4v) is 1.92. The first kappa shape index (κ1) is 12.7. The summed E-state index contributed by atoms with van der Waals surface area (Å²) in [6.07, 6.45) is 9.56. The van der Waals surface area contributed by atoms with Gasteiger partial charge in [-0.2, -0.15) is 0 Å². The summed E-state index contributed by atoms with van der Waals surface area (Å²) >= 11 is 0. The maximum Gasteiger partial charge on any atom is 0.0292 e. The van der Waals surface area contributed by atoms with Gasteiger partial charge in [0.1, 0.15) is 0 Å². The molecule has 0 saturated carbocycles. The van der Waals surface area contributed by atoms with Crippen molar-refractivity contribution in [3.8, 4) is 0 Å². The molecule has 2 nitrogen and oxygen atoms in total. The number of allylic oxidation sites excluding steroid dienone is 3. The highest BCUT2D eigenvalue weighted by molar-refractivity contribution is 5.36. The van der Waals surface area contributed by atoms with E-state index in [-0.39, 0.29) is 5.41 Å². The van der Waals surface area contributed by atoms with Crippen LogP contribution in [0.15, 0.2) is 54.6 Å². The summed E-state index contributed by atoms with van der Waals surface area (Å²) in [7, 11) is 1.50. The molecule has 0 spiro atoms. The first-order valence-electron chi connectivity index (χ1n) is 5.55. The van der Waals surface area contributed by atoms with E-state index >= 15 is 0 Å². The Kier molecular flexibility index (Phi) is 4.96. The first-order valence-corrected chi connectivity index (χ1v) is 5.55. The Morgan fingerprint density at radius 2 is 1.81 bits per heavy atom. The molecule has 1 atom stereocenters. The van der Waals surface area contributed by atoms with Crippen molar-refractivity contribution in [1.82, 2.24) is 0 Å². The summed E-state index contributed by atoms with van der Waals surface area (Å²) in [5, 5.41) is 0. The molecular formula is C14H20N2. The maximum atomic E-state index is 5.89. The Hall–Kier alpha value is -1.38. The zero-order valence-electron chi connectivity index (χ0n) is 9.77. The fraction of sp³-hybridized carbons (Fsp3) is 0.286. The summed E-state index contributed by atoms with van der Waals surface area (Å²) in [6.45, 7) is 0.665. The average Bonchev–Trinajstić information content (AvgIpc) is 2.43. The molecule has 1 aromatic rings. The van der Waals surface area contributed by atoms with E-state index in [2.05, 4.69) is 54.3 Å².